The third kappa shape index (κ3) is 2.08. The molecule has 0 amide bonds. The molecule has 1 aromatic rings. The van der Waals surface area contributed by atoms with E-state index < -0.39 is 0 Å². The highest BCUT2D eigenvalue weighted by Gasteiger charge is 2.64. The monoisotopic (exact) mass is 352 g/mol. The van der Waals surface area contributed by atoms with Crippen LogP contribution in [0.15, 0.2) is 18.2 Å². The van der Waals surface area contributed by atoms with Crippen LogP contribution in [0, 0.1) is 22.7 Å². The number of carbonyl (C=O) groups excluding carboxylic acids is 1. The average molecular weight is 353 g/mol. The summed E-state index contributed by atoms with van der Waals surface area (Å²) in [4.78, 5) is 13.1. The molecule has 0 bridgehead atoms. The van der Waals surface area contributed by atoms with Crippen LogP contribution in [0.1, 0.15) is 81.8 Å². The Balaban J connectivity index is 1.49. The maximum Gasteiger partial charge on any atom is 0.139 e. The van der Waals surface area contributed by atoms with Crippen LogP contribution in [-0.2, 0) is 11.2 Å². The number of Topliss-reactive ketones (excluding diaryl/α,β-unsaturated/α-hetero) is 1. The first kappa shape index (κ1) is 16.8. The van der Waals surface area contributed by atoms with Crippen molar-refractivity contribution in [3.63, 3.8) is 0 Å². The molecule has 1 aromatic carbocycles. The molecular weight excluding hydrogens is 320 g/mol. The number of methoxy groups -OCH3 is 1. The van der Waals surface area contributed by atoms with E-state index in [9.17, 15) is 4.79 Å². The van der Waals surface area contributed by atoms with Crippen molar-refractivity contribution >= 4 is 5.78 Å². The highest BCUT2D eigenvalue weighted by atomic mass is 16.5. The van der Waals surface area contributed by atoms with Crippen LogP contribution in [0.3, 0.4) is 0 Å². The number of carbonyl (C=O) groups is 1. The Bertz CT molecular complexity index is 738. The van der Waals surface area contributed by atoms with Gasteiger partial charge in [-0.2, -0.15) is 0 Å². The fraction of sp³-hybridized carbons (Fsp3) is 0.708. The predicted octanol–water partition coefficient (Wildman–Crippen LogP) is 5.68. The summed E-state index contributed by atoms with van der Waals surface area (Å²) >= 11 is 0. The van der Waals surface area contributed by atoms with E-state index in [-0.39, 0.29) is 10.8 Å². The van der Waals surface area contributed by atoms with Gasteiger partial charge in [0.25, 0.3) is 0 Å². The fourth-order valence-electron chi connectivity index (χ4n) is 7.78. The SMILES string of the molecule is COc1ccc2c(c1)CC[C@@H]1[C@@H]2CC[C@@]2(C)[C@H]1CC[C@@]21CCCCC1=O. The maximum absolute atomic E-state index is 13.1. The van der Waals surface area contributed by atoms with Crippen LogP contribution < -0.4 is 4.74 Å². The highest BCUT2D eigenvalue weighted by Crippen LogP contribution is 2.69. The number of hydrogen-bond acceptors (Lipinski definition) is 2. The number of rotatable bonds is 1. The first-order valence-corrected chi connectivity index (χ1v) is 10.8. The van der Waals surface area contributed by atoms with E-state index in [0.29, 0.717) is 11.7 Å². The Hall–Kier alpha value is -1.31. The van der Waals surface area contributed by atoms with Crippen molar-refractivity contribution in [2.45, 2.75) is 77.0 Å². The third-order valence-corrected chi connectivity index (χ3v) is 9.09. The van der Waals surface area contributed by atoms with Crippen LogP contribution >= 0.6 is 0 Å². The van der Waals surface area contributed by atoms with Crippen molar-refractivity contribution in [1.29, 1.82) is 0 Å². The average Bonchev–Trinajstić information content (AvgIpc) is 2.96. The predicted molar refractivity (Wildman–Crippen MR) is 104 cm³/mol. The summed E-state index contributed by atoms with van der Waals surface area (Å²) in [5.74, 6) is 3.85. The Morgan fingerprint density at radius 1 is 1.04 bits per heavy atom. The lowest BCUT2D eigenvalue weighted by atomic mass is 9.48. The number of fused-ring (bicyclic) bond motifs is 6. The van der Waals surface area contributed by atoms with E-state index in [4.69, 9.17) is 4.74 Å². The number of ether oxygens (including phenoxy) is 1. The molecule has 4 aliphatic carbocycles. The quantitative estimate of drug-likeness (QED) is 0.650. The minimum absolute atomic E-state index is 0.0288. The molecule has 140 valence electrons. The van der Waals surface area contributed by atoms with E-state index in [1.165, 1.54) is 56.9 Å². The minimum Gasteiger partial charge on any atom is -0.497 e. The third-order valence-electron chi connectivity index (χ3n) is 9.09. The summed E-state index contributed by atoms with van der Waals surface area (Å²) in [5, 5.41) is 0. The molecule has 0 unspecified atom stereocenters. The second kappa shape index (κ2) is 5.84. The second-order valence-electron chi connectivity index (χ2n) is 9.69. The summed E-state index contributed by atoms with van der Waals surface area (Å²) in [6.45, 7) is 2.51. The van der Waals surface area contributed by atoms with Crippen LogP contribution in [0.25, 0.3) is 0 Å². The zero-order valence-corrected chi connectivity index (χ0v) is 16.4. The molecule has 5 atom stereocenters. The lowest BCUT2D eigenvalue weighted by Gasteiger charge is -2.55. The van der Waals surface area contributed by atoms with Crippen molar-refractivity contribution in [2.24, 2.45) is 22.7 Å². The van der Waals surface area contributed by atoms with Crippen molar-refractivity contribution < 1.29 is 9.53 Å². The first-order valence-electron chi connectivity index (χ1n) is 10.8. The largest absolute Gasteiger partial charge is 0.497 e. The van der Waals surface area contributed by atoms with Crippen LogP contribution in [0.2, 0.25) is 0 Å². The number of aryl methyl sites for hydroxylation is 1. The van der Waals surface area contributed by atoms with Gasteiger partial charge in [-0.3, -0.25) is 4.79 Å². The first-order chi connectivity index (χ1) is 12.6. The molecule has 0 radical (unpaired) electrons. The highest BCUT2D eigenvalue weighted by molar-refractivity contribution is 5.87. The molecule has 2 nitrogen and oxygen atoms in total. The summed E-state index contributed by atoms with van der Waals surface area (Å²) in [6.07, 6.45) is 11.9. The molecule has 0 saturated heterocycles. The van der Waals surface area contributed by atoms with Crippen molar-refractivity contribution in [1.82, 2.24) is 0 Å². The van der Waals surface area contributed by atoms with Gasteiger partial charge in [-0.1, -0.05) is 19.4 Å². The van der Waals surface area contributed by atoms with Crippen molar-refractivity contribution in [3.05, 3.63) is 29.3 Å². The number of benzene rings is 1. The molecule has 4 aliphatic rings. The Labute approximate surface area is 157 Å². The van der Waals surface area contributed by atoms with Gasteiger partial charge < -0.3 is 4.74 Å². The maximum atomic E-state index is 13.1. The molecule has 0 heterocycles. The minimum atomic E-state index is 0.0288. The van der Waals surface area contributed by atoms with Gasteiger partial charge in [-0.25, -0.2) is 0 Å². The van der Waals surface area contributed by atoms with Gasteiger partial charge in [0, 0.05) is 11.8 Å². The van der Waals surface area contributed by atoms with E-state index in [2.05, 4.69) is 25.1 Å². The van der Waals surface area contributed by atoms with Crippen molar-refractivity contribution in [3.8, 4) is 5.75 Å². The Morgan fingerprint density at radius 2 is 1.92 bits per heavy atom. The molecule has 0 N–H and O–H groups in total. The van der Waals surface area contributed by atoms with Gasteiger partial charge in [0.05, 0.1) is 7.11 Å². The standard InChI is InChI=1S/C24H32O2/c1-23-13-10-19-18-9-7-17(26-2)15-16(18)6-8-20(19)21(23)11-14-24(23)12-4-3-5-22(24)25/h7,9,15,19-21H,3-6,8,10-14H2,1-2H3/t19-,20-,21+,23+,24-/m1/s1. The van der Waals surface area contributed by atoms with E-state index in [0.717, 1.165) is 30.4 Å². The van der Waals surface area contributed by atoms with Crippen LogP contribution in [0.5, 0.6) is 5.75 Å². The lowest BCUT2D eigenvalue weighted by Crippen LogP contribution is -2.51. The molecule has 1 spiro atoms. The van der Waals surface area contributed by atoms with Gasteiger partial charge in [0.1, 0.15) is 11.5 Å². The normalized spacial score (nSPS) is 41.5. The van der Waals surface area contributed by atoms with E-state index in [1.54, 1.807) is 12.7 Å². The summed E-state index contributed by atoms with van der Waals surface area (Å²) in [6, 6.07) is 6.75. The summed E-state index contributed by atoms with van der Waals surface area (Å²) < 4.78 is 5.45. The Morgan fingerprint density at radius 3 is 2.73 bits per heavy atom. The zero-order valence-electron chi connectivity index (χ0n) is 16.4. The molecule has 0 aromatic heterocycles. The van der Waals surface area contributed by atoms with Crippen LogP contribution in [0.4, 0.5) is 0 Å². The van der Waals surface area contributed by atoms with Gasteiger partial charge in [0.2, 0.25) is 0 Å². The van der Waals surface area contributed by atoms with Crippen molar-refractivity contribution in [2.75, 3.05) is 7.11 Å². The molecule has 2 heteroatoms. The van der Waals surface area contributed by atoms with Gasteiger partial charge in [-0.15, -0.1) is 0 Å². The zero-order chi connectivity index (χ0) is 17.9. The second-order valence-corrected chi connectivity index (χ2v) is 9.69. The summed E-state index contributed by atoms with van der Waals surface area (Å²) in [5.41, 5.74) is 3.38. The molecule has 3 saturated carbocycles. The summed E-state index contributed by atoms with van der Waals surface area (Å²) in [7, 11) is 1.76. The molecule has 26 heavy (non-hydrogen) atoms. The lowest BCUT2D eigenvalue weighted by molar-refractivity contribution is -0.143. The Kier molecular flexibility index (Phi) is 3.78. The topological polar surface area (TPSA) is 26.3 Å². The van der Waals surface area contributed by atoms with Crippen LogP contribution in [-0.4, -0.2) is 12.9 Å². The fourth-order valence-corrected chi connectivity index (χ4v) is 7.78. The van der Waals surface area contributed by atoms with Gasteiger partial charge >= 0.3 is 0 Å². The number of ketones is 1. The molecule has 3 fully saturated rings. The van der Waals surface area contributed by atoms with Gasteiger partial charge in [-0.05, 0) is 97.8 Å². The molecular formula is C24H32O2. The van der Waals surface area contributed by atoms with Gasteiger partial charge in [0.15, 0.2) is 0 Å². The number of hydrogen-bond donors (Lipinski definition) is 0. The van der Waals surface area contributed by atoms with E-state index >= 15 is 0 Å². The molecule has 0 aliphatic heterocycles. The molecule has 5 rings (SSSR count). The smallest absolute Gasteiger partial charge is 0.139 e. The van der Waals surface area contributed by atoms with E-state index in [1.807, 2.05) is 0 Å².